The maximum Gasteiger partial charge on any atom is 0.337 e. The van der Waals surface area contributed by atoms with Crippen molar-refractivity contribution >= 4 is 17.6 Å². The molecule has 128 valence electrons. The number of aromatic carboxylic acids is 1. The number of hydrogen-bond acceptors (Lipinski definition) is 5. The minimum absolute atomic E-state index is 0.0449. The van der Waals surface area contributed by atoms with Gasteiger partial charge in [0.2, 0.25) is 0 Å². The Hall–Kier alpha value is -2.12. The molecule has 1 aromatic carbocycles. The molecule has 0 aromatic heterocycles. The first-order chi connectivity index (χ1) is 10.8. The van der Waals surface area contributed by atoms with E-state index in [1.807, 2.05) is 6.92 Å². The van der Waals surface area contributed by atoms with Crippen molar-refractivity contribution in [3.63, 3.8) is 0 Å². The third kappa shape index (κ3) is 6.25. The zero-order valence-corrected chi connectivity index (χ0v) is 13.3. The summed E-state index contributed by atoms with van der Waals surface area (Å²) in [5.41, 5.74) is 12.4. The lowest BCUT2D eigenvalue weighted by Gasteiger charge is -2.18. The molecule has 0 heterocycles. The van der Waals surface area contributed by atoms with E-state index in [1.165, 1.54) is 6.07 Å². The molecule has 0 radical (unpaired) electrons. The molecule has 0 aliphatic heterocycles. The van der Waals surface area contributed by atoms with Gasteiger partial charge >= 0.3 is 11.9 Å². The summed E-state index contributed by atoms with van der Waals surface area (Å²) in [4.78, 5) is 22.7. The van der Waals surface area contributed by atoms with E-state index >= 15 is 0 Å². The topological polar surface area (TPSA) is 139 Å². The Balaban J connectivity index is 3.00. The Morgan fingerprint density at radius 3 is 2.48 bits per heavy atom. The Morgan fingerprint density at radius 2 is 1.96 bits per heavy atom. The van der Waals surface area contributed by atoms with Gasteiger partial charge in [-0.2, -0.15) is 0 Å². The lowest BCUT2D eigenvalue weighted by Crippen LogP contribution is -2.30. The van der Waals surface area contributed by atoms with E-state index in [-0.39, 0.29) is 11.6 Å². The van der Waals surface area contributed by atoms with E-state index in [2.05, 4.69) is 5.32 Å². The van der Waals surface area contributed by atoms with Crippen molar-refractivity contribution in [1.29, 1.82) is 0 Å². The largest absolute Gasteiger partial charge is 0.480 e. The summed E-state index contributed by atoms with van der Waals surface area (Å²) in [7, 11) is 0. The number of carbonyl (C=O) groups is 2. The molecule has 0 aliphatic carbocycles. The van der Waals surface area contributed by atoms with E-state index < -0.39 is 18.0 Å². The van der Waals surface area contributed by atoms with Crippen molar-refractivity contribution < 1.29 is 19.8 Å². The fraction of sp³-hybridized carbons (Fsp3) is 0.500. The maximum atomic E-state index is 11.4. The molecular formula is C16H25N3O4. The summed E-state index contributed by atoms with van der Waals surface area (Å²) < 4.78 is 0. The number of rotatable bonds is 10. The summed E-state index contributed by atoms with van der Waals surface area (Å²) in [5.74, 6) is -2.12. The molecule has 7 N–H and O–H groups in total. The monoisotopic (exact) mass is 323 g/mol. The first-order valence-electron chi connectivity index (χ1n) is 7.66. The first-order valence-corrected chi connectivity index (χ1v) is 7.66. The highest BCUT2D eigenvalue weighted by Crippen LogP contribution is 2.21. The van der Waals surface area contributed by atoms with Crippen molar-refractivity contribution in [3.05, 3.63) is 29.3 Å². The van der Waals surface area contributed by atoms with Gasteiger partial charge in [0.05, 0.1) is 5.56 Å². The van der Waals surface area contributed by atoms with Gasteiger partial charge in [0.25, 0.3) is 0 Å². The van der Waals surface area contributed by atoms with Crippen LogP contribution in [0.2, 0.25) is 0 Å². The van der Waals surface area contributed by atoms with Crippen molar-refractivity contribution in [1.82, 2.24) is 0 Å². The normalized spacial score (nSPS) is 13.3. The minimum Gasteiger partial charge on any atom is -0.480 e. The highest BCUT2D eigenvalue weighted by atomic mass is 16.4. The van der Waals surface area contributed by atoms with Crippen LogP contribution in [0.4, 0.5) is 5.69 Å². The van der Waals surface area contributed by atoms with Crippen LogP contribution < -0.4 is 16.8 Å². The molecule has 7 nitrogen and oxygen atoms in total. The van der Waals surface area contributed by atoms with Crippen molar-refractivity contribution in [2.24, 2.45) is 11.5 Å². The van der Waals surface area contributed by atoms with Crippen LogP contribution in [0, 0.1) is 0 Å². The molecule has 0 amide bonds. The molecule has 2 atom stereocenters. The van der Waals surface area contributed by atoms with Crippen LogP contribution in [-0.2, 0) is 11.2 Å². The number of nitrogens with one attached hydrogen (secondary N) is 1. The van der Waals surface area contributed by atoms with Crippen LogP contribution >= 0.6 is 0 Å². The zero-order chi connectivity index (χ0) is 17.4. The van der Waals surface area contributed by atoms with Crippen molar-refractivity contribution in [3.8, 4) is 0 Å². The third-order valence-electron chi connectivity index (χ3n) is 3.45. The number of carboxylic acids is 2. The Morgan fingerprint density at radius 1 is 1.26 bits per heavy atom. The summed E-state index contributed by atoms with van der Waals surface area (Å²) in [6.07, 6.45) is 2.34. The van der Waals surface area contributed by atoms with Crippen LogP contribution in [0.25, 0.3) is 0 Å². The maximum absolute atomic E-state index is 11.4. The van der Waals surface area contributed by atoms with Crippen LogP contribution in [0.1, 0.15) is 42.1 Å². The van der Waals surface area contributed by atoms with Gasteiger partial charge in [-0.25, -0.2) is 9.59 Å². The van der Waals surface area contributed by atoms with E-state index in [4.69, 9.17) is 11.5 Å². The molecule has 0 fully saturated rings. The van der Waals surface area contributed by atoms with E-state index in [0.29, 0.717) is 31.5 Å². The molecule has 1 rings (SSSR count). The standard InChI is InChI=1S/C16H25N3O4/c1-10(18)8-11-5-6-12(15(20)21)14(9-11)19-13(16(22)23)4-2-3-7-17/h5-6,9-10,13,19H,2-4,7-8,17-18H2,1H3,(H,20,21)(H,22,23)/t10-,13+/m1/s1. The quantitative estimate of drug-likeness (QED) is 0.409. The summed E-state index contributed by atoms with van der Waals surface area (Å²) in [5, 5.41) is 21.4. The molecule has 0 saturated heterocycles. The van der Waals surface area contributed by atoms with Crippen LogP contribution in [-0.4, -0.2) is 40.8 Å². The highest BCUT2D eigenvalue weighted by molar-refractivity contribution is 5.95. The molecule has 0 bridgehead atoms. The second-order valence-electron chi connectivity index (χ2n) is 5.69. The average Bonchev–Trinajstić information content (AvgIpc) is 2.45. The number of aliphatic carboxylic acids is 1. The number of carboxylic acid groups (broad SMARTS) is 2. The van der Waals surface area contributed by atoms with Gasteiger partial charge in [-0.1, -0.05) is 6.07 Å². The number of unbranched alkanes of at least 4 members (excludes halogenated alkanes) is 1. The minimum atomic E-state index is -1.11. The zero-order valence-electron chi connectivity index (χ0n) is 13.3. The second kappa shape index (κ2) is 9.12. The van der Waals surface area contributed by atoms with Crippen LogP contribution in [0.5, 0.6) is 0 Å². The number of anilines is 1. The molecule has 0 spiro atoms. The first kappa shape index (κ1) is 18.9. The van der Waals surface area contributed by atoms with Gasteiger partial charge in [-0.15, -0.1) is 0 Å². The molecule has 0 saturated carbocycles. The summed E-state index contributed by atoms with van der Waals surface area (Å²) >= 11 is 0. The lowest BCUT2D eigenvalue weighted by atomic mass is 10.0. The Labute approximate surface area is 135 Å². The highest BCUT2D eigenvalue weighted by Gasteiger charge is 2.20. The Bertz CT molecular complexity index is 546. The number of nitrogens with two attached hydrogens (primary N) is 2. The van der Waals surface area contributed by atoms with Gasteiger partial charge in [0, 0.05) is 11.7 Å². The summed E-state index contributed by atoms with van der Waals surface area (Å²) in [6, 6.07) is 3.90. The van der Waals surface area contributed by atoms with Gasteiger partial charge in [0.1, 0.15) is 6.04 Å². The predicted molar refractivity (Wildman–Crippen MR) is 88.7 cm³/mol. The fourth-order valence-corrected chi connectivity index (χ4v) is 2.33. The SMILES string of the molecule is C[C@@H](N)Cc1ccc(C(=O)O)c(N[C@@H](CCCCN)C(=O)O)c1. The number of hydrogen-bond donors (Lipinski definition) is 5. The Kier molecular flexibility index (Phi) is 7.50. The van der Waals surface area contributed by atoms with E-state index in [9.17, 15) is 19.8 Å². The molecule has 1 aromatic rings. The molecular weight excluding hydrogens is 298 g/mol. The van der Waals surface area contributed by atoms with E-state index in [1.54, 1.807) is 12.1 Å². The molecule has 0 unspecified atom stereocenters. The lowest BCUT2D eigenvalue weighted by molar-refractivity contribution is -0.138. The third-order valence-corrected chi connectivity index (χ3v) is 3.45. The van der Waals surface area contributed by atoms with Crippen molar-refractivity contribution in [2.75, 3.05) is 11.9 Å². The van der Waals surface area contributed by atoms with Crippen LogP contribution in [0.3, 0.4) is 0 Å². The second-order valence-corrected chi connectivity index (χ2v) is 5.69. The smallest absolute Gasteiger partial charge is 0.337 e. The fourth-order valence-electron chi connectivity index (χ4n) is 2.33. The van der Waals surface area contributed by atoms with Gasteiger partial charge in [-0.3, -0.25) is 0 Å². The van der Waals surface area contributed by atoms with Gasteiger partial charge in [0.15, 0.2) is 0 Å². The number of benzene rings is 1. The molecule has 7 heteroatoms. The van der Waals surface area contributed by atoms with Crippen LogP contribution in [0.15, 0.2) is 18.2 Å². The molecule has 0 aliphatic rings. The summed E-state index contributed by atoms with van der Waals surface area (Å²) in [6.45, 7) is 2.35. The van der Waals surface area contributed by atoms with Gasteiger partial charge in [-0.05, 0) is 56.8 Å². The average molecular weight is 323 g/mol. The van der Waals surface area contributed by atoms with E-state index in [0.717, 1.165) is 12.0 Å². The van der Waals surface area contributed by atoms with Gasteiger partial charge < -0.3 is 27.0 Å². The van der Waals surface area contributed by atoms with Crippen molar-refractivity contribution in [2.45, 2.75) is 44.7 Å². The predicted octanol–water partition coefficient (Wildman–Crippen LogP) is 1.27. The molecule has 23 heavy (non-hydrogen) atoms.